The van der Waals surface area contributed by atoms with Crippen LogP contribution < -0.4 is 0 Å². The van der Waals surface area contributed by atoms with Gasteiger partial charge in [0, 0.05) is 20.2 Å². The number of thioether (sulfide) groups is 2. The maximum absolute atomic E-state index is 14.5. The molecule has 0 saturated heterocycles. The summed E-state index contributed by atoms with van der Waals surface area (Å²) in [7, 11) is -8.06. The number of allylic oxidation sites excluding steroid dienone is 6. The van der Waals surface area contributed by atoms with E-state index in [9.17, 15) is 27.0 Å². The van der Waals surface area contributed by atoms with Crippen LogP contribution in [0.3, 0.4) is 0 Å². The molecule has 5 rings (SSSR count). The van der Waals surface area contributed by atoms with E-state index >= 15 is 0 Å². The summed E-state index contributed by atoms with van der Waals surface area (Å²) in [6, 6.07) is 40.0. The van der Waals surface area contributed by atoms with Gasteiger partial charge in [0.05, 0.1) is 22.0 Å². The second-order valence-corrected chi connectivity index (χ2v) is 22.0. The molecule has 0 fully saturated rings. The number of benzene rings is 5. The van der Waals surface area contributed by atoms with Crippen molar-refractivity contribution in [3.8, 4) is 0 Å². The fraction of sp³-hybridized carbons (Fsp3) is 0.231. The smallest absolute Gasteiger partial charge is 0.187 e. The molecule has 0 aliphatic rings. The number of rotatable bonds is 21. The van der Waals surface area contributed by atoms with Gasteiger partial charge in [0.1, 0.15) is 10.5 Å². The molecule has 0 aromatic heterocycles. The Balaban J connectivity index is 1.40. The Morgan fingerprint density at radius 2 is 1.05 bits per heavy atom. The minimum absolute atomic E-state index is 0.113. The van der Waals surface area contributed by atoms with Gasteiger partial charge in [-0.1, -0.05) is 148 Å². The highest BCUT2D eigenvalue weighted by Crippen LogP contribution is 2.35. The lowest BCUT2D eigenvalue weighted by Gasteiger charge is -2.30. The van der Waals surface area contributed by atoms with E-state index in [4.69, 9.17) is 0 Å². The second kappa shape index (κ2) is 24.2. The highest BCUT2D eigenvalue weighted by molar-refractivity contribution is 9.10. The molecule has 6 nitrogen and oxygen atoms in total. The standard InChI is InChI=1S/C52H55BrO6S4/c1-38(16-14-18-40-26-34-44(60-3)35-27-40)51(62(56,57)46-20-8-5-9-21-46)49(54)25-13-7-12-24-48(42-30-32-43(53)33-31-42)50(55)52(63(58,59)47-22-10-6-11-23-47)39(2)17-15-19-41-28-36-45(61-4)37-29-41/h5-12,14-23,26-37,48-52,54-55H,13,24-25H2,1-4H3/b12-7+,18-14+,19-15+,38-16+,39-17+. The number of sulfone groups is 2. The lowest BCUT2D eigenvalue weighted by molar-refractivity contribution is 0.145. The molecular formula is C52H55BrO6S4. The molecule has 0 spiro atoms. The van der Waals surface area contributed by atoms with Crippen LogP contribution in [0.5, 0.6) is 0 Å². The number of halogens is 1. The third-order valence-corrected chi connectivity index (χ3v) is 17.3. The van der Waals surface area contributed by atoms with Gasteiger partial charge in [-0.15, -0.1) is 23.5 Å². The molecule has 0 heterocycles. The van der Waals surface area contributed by atoms with E-state index in [-0.39, 0.29) is 22.6 Å². The van der Waals surface area contributed by atoms with Crippen LogP contribution in [0.25, 0.3) is 12.2 Å². The Hall–Kier alpha value is -4.20. The van der Waals surface area contributed by atoms with Gasteiger partial charge in [0.15, 0.2) is 19.7 Å². The number of aliphatic hydroxyl groups excluding tert-OH is 2. The maximum Gasteiger partial charge on any atom is 0.187 e. The van der Waals surface area contributed by atoms with Crippen LogP contribution in [-0.4, -0.2) is 62.3 Å². The van der Waals surface area contributed by atoms with E-state index in [0.29, 0.717) is 17.6 Å². The van der Waals surface area contributed by atoms with Crippen LogP contribution in [0, 0.1) is 0 Å². The SMILES string of the molecule is CSc1ccc(/C=C/C=C(\C)C(C(O)CC/C=C/CC(c2ccc(Br)cc2)C(O)C(/C(C)=C/C=C/c2ccc(SC)cc2)S(=O)(=O)c2ccccc2)S(=O)(=O)c2ccccc2)cc1. The molecule has 5 aromatic rings. The highest BCUT2D eigenvalue weighted by Gasteiger charge is 2.39. The zero-order valence-electron chi connectivity index (χ0n) is 35.9. The fourth-order valence-electron chi connectivity index (χ4n) is 7.38. The summed E-state index contributed by atoms with van der Waals surface area (Å²) in [5.41, 5.74) is 3.67. The first-order valence-electron chi connectivity index (χ1n) is 20.6. The average Bonchev–Trinajstić information content (AvgIpc) is 3.29. The van der Waals surface area contributed by atoms with Gasteiger partial charge in [0.25, 0.3) is 0 Å². The molecular weight excluding hydrogens is 929 g/mol. The van der Waals surface area contributed by atoms with Crippen molar-refractivity contribution in [1.29, 1.82) is 0 Å². The predicted molar refractivity (Wildman–Crippen MR) is 269 cm³/mol. The van der Waals surface area contributed by atoms with Crippen molar-refractivity contribution in [2.75, 3.05) is 12.5 Å². The molecule has 63 heavy (non-hydrogen) atoms. The summed E-state index contributed by atoms with van der Waals surface area (Å²) in [6.45, 7) is 3.46. The molecule has 330 valence electrons. The lowest BCUT2D eigenvalue weighted by atomic mass is 9.86. The molecule has 0 aliphatic carbocycles. The van der Waals surface area contributed by atoms with E-state index in [1.807, 2.05) is 116 Å². The minimum Gasteiger partial charge on any atom is -0.391 e. The monoisotopic (exact) mass is 982 g/mol. The van der Waals surface area contributed by atoms with Gasteiger partial charge in [-0.2, -0.15) is 0 Å². The lowest BCUT2D eigenvalue weighted by Crippen LogP contribution is -2.39. The number of hydrogen-bond acceptors (Lipinski definition) is 8. The minimum atomic E-state index is -4.08. The van der Waals surface area contributed by atoms with Gasteiger partial charge in [-0.3, -0.25) is 0 Å². The van der Waals surface area contributed by atoms with E-state index in [1.54, 1.807) is 116 Å². The van der Waals surface area contributed by atoms with Gasteiger partial charge >= 0.3 is 0 Å². The quantitative estimate of drug-likeness (QED) is 0.0425. The Morgan fingerprint density at radius 3 is 1.51 bits per heavy atom. The van der Waals surface area contributed by atoms with Crippen molar-refractivity contribution >= 4 is 71.3 Å². The first-order chi connectivity index (χ1) is 30.3. The summed E-state index contributed by atoms with van der Waals surface area (Å²) >= 11 is 6.81. The molecule has 11 heteroatoms. The summed E-state index contributed by atoms with van der Waals surface area (Å²) in [5, 5.41) is 21.5. The first kappa shape index (κ1) is 49.8. The van der Waals surface area contributed by atoms with Gasteiger partial charge in [-0.05, 0) is 123 Å². The number of hydrogen-bond donors (Lipinski definition) is 2. The summed E-state index contributed by atoms with van der Waals surface area (Å²) in [5.74, 6) is -0.644. The molecule has 5 unspecified atom stereocenters. The fourth-order valence-corrected chi connectivity index (χ4v) is 12.4. The van der Waals surface area contributed by atoms with Gasteiger partial charge in [0.2, 0.25) is 0 Å². The molecule has 2 N–H and O–H groups in total. The Kier molecular flexibility index (Phi) is 19.1. The van der Waals surface area contributed by atoms with Crippen LogP contribution in [-0.2, 0) is 19.7 Å². The van der Waals surface area contributed by atoms with Crippen molar-refractivity contribution in [2.24, 2.45) is 0 Å². The van der Waals surface area contributed by atoms with Crippen LogP contribution >= 0.6 is 39.5 Å². The third kappa shape index (κ3) is 13.9. The highest BCUT2D eigenvalue weighted by atomic mass is 79.9. The molecule has 5 aromatic carbocycles. The third-order valence-electron chi connectivity index (χ3n) is 10.8. The second-order valence-electron chi connectivity index (χ2n) is 15.1. The predicted octanol–water partition coefficient (Wildman–Crippen LogP) is 12.4. The Morgan fingerprint density at radius 1 is 0.603 bits per heavy atom. The normalized spacial score (nSPS) is 15.5. The van der Waals surface area contributed by atoms with Crippen LogP contribution in [0.4, 0.5) is 0 Å². The molecule has 5 atom stereocenters. The Labute approximate surface area is 391 Å². The largest absolute Gasteiger partial charge is 0.391 e. The zero-order valence-corrected chi connectivity index (χ0v) is 40.7. The summed E-state index contributed by atoms with van der Waals surface area (Å²) < 4.78 is 58.0. The van der Waals surface area contributed by atoms with Gasteiger partial charge in [-0.25, -0.2) is 16.8 Å². The van der Waals surface area contributed by atoms with E-state index in [0.717, 1.165) is 31.0 Å². The zero-order chi connectivity index (χ0) is 45.4. The number of aliphatic hydroxyl groups is 2. The molecule has 0 saturated carbocycles. The topological polar surface area (TPSA) is 109 Å². The van der Waals surface area contributed by atoms with Gasteiger partial charge < -0.3 is 10.2 Å². The maximum atomic E-state index is 14.5. The first-order valence-corrected chi connectivity index (χ1v) is 26.9. The van der Waals surface area contributed by atoms with E-state index < -0.39 is 48.3 Å². The van der Waals surface area contributed by atoms with Crippen molar-refractivity contribution in [2.45, 2.75) is 81.3 Å². The van der Waals surface area contributed by atoms with E-state index in [2.05, 4.69) is 15.9 Å². The average molecular weight is 984 g/mol. The van der Waals surface area contributed by atoms with Crippen molar-refractivity contribution < 1.29 is 27.0 Å². The molecule has 0 radical (unpaired) electrons. The van der Waals surface area contributed by atoms with Crippen LogP contribution in [0.15, 0.2) is 205 Å². The molecule has 0 aliphatic heterocycles. The Bertz CT molecular complexity index is 2590. The van der Waals surface area contributed by atoms with Crippen LogP contribution in [0.2, 0.25) is 0 Å². The van der Waals surface area contributed by atoms with Crippen molar-refractivity contribution in [3.05, 3.63) is 202 Å². The van der Waals surface area contributed by atoms with Crippen LogP contribution in [0.1, 0.15) is 55.7 Å². The molecule has 0 amide bonds. The van der Waals surface area contributed by atoms with Crippen molar-refractivity contribution in [1.82, 2.24) is 0 Å². The summed E-state index contributed by atoms with van der Waals surface area (Å²) in [4.78, 5) is 2.53. The summed E-state index contributed by atoms with van der Waals surface area (Å²) in [6.07, 6.45) is 16.9. The van der Waals surface area contributed by atoms with Crippen molar-refractivity contribution in [3.63, 3.8) is 0 Å². The van der Waals surface area contributed by atoms with E-state index in [1.165, 1.54) is 0 Å². The molecule has 0 bridgehead atoms.